The lowest BCUT2D eigenvalue weighted by atomic mass is 10.1. The summed E-state index contributed by atoms with van der Waals surface area (Å²) in [4.78, 5) is 4.01. The van der Waals surface area contributed by atoms with E-state index in [1.54, 1.807) is 19.1 Å². The Kier molecular flexibility index (Phi) is 2.86. The van der Waals surface area contributed by atoms with Gasteiger partial charge in [0.15, 0.2) is 11.6 Å². The van der Waals surface area contributed by atoms with Crippen LogP contribution in [0.5, 0.6) is 5.75 Å². The number of nitrogen functional groups attached to an aromatic ring is 2. The van der Waals surface area contributed by atoms with Crippen molar-refractivity contribution in [3.63, 3.8) is 0 Å². The highest BCUT2D eigenvalue weighted by molar-refractivity contribution is 5.61. The predicted molar refractivity (Wildman–Crippen MR) is 63.4 cm³/mol. The maximum atomic E-state index is 13.6. The minimum atomic E-state index is -0.436. The smallest absolute Gasteiger partial charge is 0.219 e. The minimum absolute atomic E-state index is 0.175. The second kappa shape index (κ2) is 4.32. The topological polar surface area (TPSA) is 79.1 Å². The maximum Gasteiger partial charge on any atom is 0.219 e. The molecule has 4 N–H and O–H groups in total. The Morgan fingerprint density at radius 3 is 2.76 bits per heavy atom. The Morgan fingerprint density at radius 1 is 1.47 bits per heavy atom. The number of anilines is 1. The van der Waals surface area contributed by atoms with Crippen LogP contribution in [0.25, 0.3) is 11.3 Å². The molecular weight excluding hydrogens is 223 g/mol. The van der Waals surface area contributed by atoms with E-state index in [2.05, 4.69) is 4.98 Å². The van der Waals surface area contributed by atoms with Gasteiger partial charge in [0.25, 0.3) is 0 Å². The molecule has 0 unspecified atom stereocenters. The lowest BCUT2D eigenvalue weighted by Crippen LogP contribution is -2.09. The van der Waals surface area contributed by atoms with Gasteiger partial charge in [-0.25, -0.2) is 14.1 Å². The molecule has 90 valence electrons. The van der Waals surface area contributed by atoms with Crippen LogP contribution < -0.4 is 16.3 Å². The summed E-state index contributed by atoms with van der Waals surface area (Å²) in [5.41, 5.74) is 6.62. The van der Waals surface area contributed by atoms with Gasteiger partial charge < -0.3 is 16.3 Å². The summed E-state index contributed by atoms with van der Waals surface area (Å²) < 4.78 is 19.9. The molecule has 0 atom stereocenters. The lowest BCUT2D eigenvalue weighted by molar-refractivity contribution is 0.321. The zero-order valence-corrected chi connectivity index (χ0v) is 9.35. The van der Waals surface area contributed by atoms with Crippen molar-refractivity contribution in [2.45, 2.75) is 6.92 Å². The van der Waals surface area contributed by atoms with Crippen LogP contribution in [-0.4, -0.2) is 16.3 Å². The number of ether oxygens (including phenoxy) is 1. The van der Waals surface area contributed by atoms with E-state index in [0.717, 1.165) is 0 Å². The summed E-state index contributed by atoms with van der Waals surface area (Å²) in [6.45, 7) is 2.21. The van der Waals surface area contributed by atoms with Gasteiger partial charge in [0, 0.05) is 5.56 Å². The van der Waals surface area contributed by atoms with E-state index in [-0.39, 0.29) is 11.7 Å². The van der Waals surface area contributed by atoms with Crippen LogP contribution in [0.2, 0.25) is 0 Å². The molecule has 0 bridgehead atoms. The van der Waals surface area contributed by atoms with E-state index >= 15 is 0 Å². The van der Waals surface area contributed by atoms with Crippen LogP contribution in [0.4, 0.5) is 10.3 Å². The van der Waals surface area contributed by atoms with Gasteiger partial charge in [-0.1, -0.05) is 0 Å². The first-order valence-corrected chi connectivity index (χ1v) is 5.14. The number of nitrogens with two attached hydrogens (primary N) is 2. The Morgan fingerprint density at radius 2 is 2.24 bits per heavy atom. The Labute approximate surface area is 97.8 Å². The van der Waals surface area contributed by atoms with Crippen molar-refractivity contribution in [3.05, 3.63) is 30.2 Å². The first-order chi connectivity index (χ1) is 8.11. The molecule has 1 heterocycles. The van der Waals surface area contributed by atoms with Gasteiger partial charge in [-0.15, -0.1) is 0 Å². The molecule has 0 fully saturated rings. The van der Waals surface area contributed by atoms with Crippen LogP contribution in [0.3, 0.4) is 0 Å². The largest absolute Gasteiger partial charge is 0.491 e. The fourth-order valence-electron chi connectivity index (χ4n) is 1.48. The molecule has 0 aliphatic carbocycles. The van der Waals surface area contributed by atoms with Crippen LogP contribution in [0, 0.1) is 5.82 Å². The van der Waals surface area contributed by atoms with E-state index in [9.17, 15) is 4.39 Å². The Bertz CT molecular complexity index is 519. The fourth-order valence-corrected chi connectivity index (χ4v) is 1.48. The third-order valence-electron chi connectivity index (χ3n) is 2.29. The second-order valence-corrected chi connectivity index (χ2v) is 3.47. The third kappa shape index (κ3) is 2.15. The zero-order valence-electron chi connectivity index (χ0n) is 9.35. The van der Waals surface area contributed by atoms with Crippen molar-refractivity contribution in [3.8, 4) is 17.0 Å². The molecule has 1 aromatic carbocycles. The first kappa shape index (κ1) is 11.3. The van der Waals surface area contributed by atoms with Crippen LogP contribution in [0.1, 0.15) is 6.92 Å². The molecule has 0 aliphatic heterocycles. The van der Waals surface area contributed by atoms with E-state index in [4.69, 9.17) is 16.3 Å². The number of benzene rings is 1. The van der Waals surface area contributed by atoms with Crippen molar-refractivity contribution in [2.24, 2.45) is 0 Å². The molecule has 1 aromatic heterocycles. The third-order valence-corrected chi connectivity index (χ3v) is 2.29. The first-order valence-electron chi connectivity index (χ1n) is 5.14. The number of hydrogen-bond acceptors (Lipinski definition) is 4. The molecule has 0 spiro atoms. The summed E-state index contributed by atoms with van der Waals surface area (Å²) in [6.07, 6.45) is 1.53. The molecule has 2 rings (SSSR count). The zero-order chi connectivity index (χ0) is 12.4. The summed E-state index contributed by atoms with van der Waals surface area (Å²) in [5.74, 6) is 5.46. The lowest BCUT2D eigenvalue weighted by Gasteiger charge is -2.05. The maximum absolute atomic E-state index is 13.6. The average Bonchev–Trinajstić information content (AvgIpc) is 2.62. The second-order valence-electron chi connectivity index (χ2n) is 3.47. The normalized spacial score (nSPS) is 10.5. The molecule has 0 saturated carbocycles. The van der Waals surface area contributed by atoms with Crippen molar-refractivity contribution >= 4 is 5.95 Å². The molecule has 6 heteroatoms. The van der Waals surface area contributed by atoms with E-state index in [1.165, 1.54) is 16.9 Å². The quantitative estimate of drug-likeness (QED) is 0.789. The highest BCUT2D eigenvalue weighted by atomic mass is 19.1. The molecule has 17 heavy (non-hydrogen) atoms. The molecule has 0 saturated heterocycles. The van der Waals surface area contributed by atoms with Gasteiger partial charge >= 0.3 is 0 Å². The highest BCUT2D eigenvalue weighted by Crippen LogP contribution is 2.25. The van der Waals surface area contributed by atoms with E-state index < -0.39 is 5.82 Å². The van der Waals surface area contributed by atoms with E-state index in [0.29, 0.717) is 17.9 Å². The van der Waals surface area contributed by atoms with Crippen molar-refractivity contribution < 1.29 is 9.13 Å². The summed E-state index contributed by atoms with van der Waals surface area (Å²) in [7, 11) is 0. The standard InChI is InChI=1S/C11H13FN4O/c1-2-17-10-4-3-7(5-8(10)12)9-6-16(14)11(13)15-9/h3-6H,2,14H2,1H3,(H2,13,15). The molecule has 2 aromatic rings. The van der Waals surface area contributed by atoms with Crippen molar-refractivity contribution in [1.29, 1.82) is 0 Å². The number of rotatable bonds is 3. The van der Waals surface area contributed by atoms with Crippen molar-refractivity contribution in [2.75, 3.05) is 18.2 Å². The number of imidazole rings is 1. The molecule has 5 nitrogen and oxygen atoms in total. The molecule has 0 amide bonds. The monoisotopic (exact) mass is 236 g/mol. The van der Waals surface area contributed by atoms with Gasteiger partial charge in [-0.2, -0.15) is 0 Å². The van der Waals surface area contributed by atoms with E-state index in [1.807, 2.05) is 0 Å². The molecule has 0 radical (unpaired) electrons. The number of hydrogen-bond donors (Lipinski definition) is 2. The average molecular weight is 236 g/mol. The fraction of sp³-hybridized carbons (Fsp3) is 0.182. The number of halogens is 1. The number of aromatic nitrogens is 2. The summed E-state index contributed by atoms with van der Waals surface area (Å²) in [6, 6.07) is 4.60. The molecular formula is C11H13FN4O. The predicted octanol–water partition coefficient (Wildman–Crippen LogP) is 1.38. The Balaban J connectivity index is 2.37. The minimum Gasteiger partial charge on any atom is -0.491 e. The van der Waals surface area contributed by atoms with Gasteiger partial charge in [0.05, 0.1) is 18.5 Å². The number of nitrogens with zero attached hydrogens (tertiary/aromatic N) is 2. The van der Waals surface area contributed by atoms with Crippen LogP contribution >= 0.6 is 0 Å². The van der Waals surface area contributed by atoms with Gasteiger partial charge in [-0.05, 0) is 25.1 Å². The summed E-state index contributed by atoms with van der Waals surface area (Å²) >= 11 is 0. The van der Waals surface area contributed by atoms with Gasteiger partial charge in [-0.3, -0.25) is 0 Å². The van der Waals surface area contributed by atoms with Gasteiger partial charge in [0.2, 0.25) is 5.95 Å². The Hall–Kier alpha value is -2.24. The SMILES string of the molecule is CCOc1ccc(-c2cn(N)c(N)n2)cc1F. The van der Waals surface area contributed by atoms with Crippen LogP contribution in [0.15, 0.2) is 24.4 Å². The van der Waals surface area contributed by atoms with Gasteiger partial charge in [0.1, 0.15) is 0 Å². The molecule has 0 aliphatic rings. The van der Waals surface area contributed by atoms with Crippen molar-refractivity contribution in [1.82, 2.24) is 9.66 Å². The highest BCUT2D eigenvalue weighted by Gasteiger charge is 2.09. The van der Waals surface area contributed by atoms with Crippen LogP contribution in [-0.2, 0) is 0 Å². The summed E-state index contributed by atoms with van der Waals surface area (Å²) in [5, 5.41) is 0.